The number of likely N-dealkylation sites (tertiary alicyclic amines) is 1. The molecule has 0 aliphatic carbocycles. The molecule has 0 saturated carbocycles. The number of guanidine groups is 1. The minimum atomic E-state index is 0. The smallest absolute Gasteiger partial charge is 0.191 e. The molecule has 24 heavy (non-hydrogen) atoms. The fourth-order valence-electron chi connectivity index (χ4n) is 2.75. The van der Waals surface area contributed by atoms with Gasteiger partial charge < -0.3 is 20.3 Å². The molecule has 0 bridgehead atoms. The largest absolute Gasteiger partial charge is 0.381 e. The Bertz CT molecular complexity index is 320. The molecule has 0 spiro atoms. The molecule has 1 heterocycles. The molecule has 2 N–H and O–H groups in total. The summed E-state index contributed by atoms with van der Waals surface area (Å²) in [7, 11) is 0. The fraction of sp³-hybridized carbons (Fsp3) is 0.944. The third kappa shape index (κ3) is 12.3. The van der Waals surface area contributed by atoms with E-state index in [4.69, 9.17) is 9.73 Å². The molecule has 1 fully saturated rings. The lowest BCUT2D eigenvalue weighted by Gasteiger charge is -2.19. The molecule has 0 aromatic carbocycles. The zero-order chi connectivity index (χ0) is 16.9. The molecule has 1 rings (SSSR count). The van der Waals surface area contributed by atoms with Gasteiger partial charge >= 0.3 is 0 Å². The van der Waals surface area contributed by atoms with Gasteiger partial charge in [-0.25, -0.2) is 0 Å². The van der Waals surface area contributed by atoms with Gasteiger partial charge in [0, 0.05) is 39.4 Å². The zero-order valence-electron chi connectivity index (χ0n) is 16.1. The number of hydrogen-bond acceptors (Lipinski definition) is 3. The van der Waals surface area contributed by atoms with Crippen LogP contribution in [0.25, 0.3) is 0 Å². The van der Waals surface area contributed by atoms with E-state index in [9.17, 15) is 0 Å². The number of ether oxygens (including phenoxy) is 1. The topological polar surface area (TPSA) is 48.9 Å². The molecule has 1 aliphatic heterocycles. The summed E-state index contributed by atoms with van der Waals surface area (Å²) in [4.78, 5) is 7.29. The Morgan fingerprint density at radius 1 is 1.17 bits per heavy atom. The van der Waals surface area contributed by atoms with E-state index in [2.05, 4.69) is 43.2 Å². The van der Waals surface area contributed by atoms with Crippen LogP contribution < -0.4 is 10.6 Å². The van der Waals surface area contributed by atoms with Gasteiger partial charge in [0.05, 0.1) is 0 Å². The van der Waals surface area contributed by atoms with Crippen LogP contribution in [-0.4, -0.2) is 63.3 Å². The van der Waals surface area contributed by atoms with Crippen molar-refractivity contribution in [1.29, 1.82) is 0 Å². The van der Waals surface area contributed by atoms with Crippen LogP contribution in [0.15, 0.2) is 4.99 Å². The van der Waals surface area contributed by atoms with Crippen molar-refractivity contribution < 1.29 is 4.74 Å². The fourth-order valence-corrected chi connectivity index (χ4v) is 2.75. The van der Waals surface area contributed by atoms with Crippen molar-refractivity contribution in [3.05, 3.63) is 0 Å². The highest BCUT2D eigenvalue weighted by atomic mass is 127. The van der Waals surface area contributed by atoms with Gasteiger partial charge in [-0.3, -0.25) is 4.99 Å². The zero-order valence-corrected chi connectivity index (χ0v) is 18.5. The SMILES string of the molecule is CCNC(=NCC(C)CN1CCCC1)NCCCOCC(C)C.I. The second kappa shape index (κ2) is 15.2. The summed E-state index contributed by atoms with van der Waals surface area (Å²) in [5.74, 6) is 2.15. The lowest BCUT2D eigenvalue weighted by molar-refractivity contribution is 0.108. The first-order chi connectivity index (χ1) is 11.1. The molecular formula is C18H39IN4O. The summed E-state index contributed by atoms with van der Waals surface area (Å²) >= 11 is 0. The third-order valence-electron chi connectivity index (χ3n) is 3.88. The second-order valence-electron chi connectivity index (χ2n) is 7.08. The maximum absolute atomic E-state index is 5.60. The van der Waals surface area contributed by atoms with Crippen LogP contribution in [0.3, 0.4) is 0 Å². The standard InChI is InChI=1S/C18H38N4O.HI/c1-5-19-18(20-9-8-12-23-15-16(2)3)21-13-17(4)14-22-10-6-7-11-22;/h16-17H,5-15H2,1-4H3,(H2,19,20,21);1H. The van der Waals surface area contributed by atoms with E-state index in [0.717, 1.165) is 45.2 Å². The van der Waals surface area contributed by atoms with Gasteiger partial charge in [0.1, 0.15) is 0 Å². The summed E-state index contributed by atoms with van der Waals surface area (Å²) in [6, 6.07) is 0. The van der Waals surface area contributed by atoms with Crippen molar-refractivity contribution in [2.45, 2.75) is 47.0 Å². The van der Waals surface area contributed by atoms with E-state index in [1.165, 1.54) is 32.5 Å². The molecule has 1 atom stereocenters. The Morgan fingerprint density at radius 3 is 2.50 bits per heavy atom. The molecule has 144 valence electrons. The summed E-state index contributed by atoms with van der Waals surface area (Å²) < 4.78 is 5.60. The van der Waals surface area contributed by atoms with Gasteiger partial charge in [0.25, 0.3) is 0 Å². The normalized spacial score (nSPS) is 17.0. The molecule has 0 aromatic heterocycles. The van der Waals surface area contributed by atoms with Crippen LogP contribution >= 0.6 is 24.0 Å². The van der Waals surface area contributed by atoms with Crippen molar-refractivity contribution >= 4 is 29.9 Å². The van der Waals surface area contributed by atoms with E-state index in [1.807, 2.05) is 0 Å². The molecule has 6 heteroatoms. The van der Waals surface area contributed by atoms with Gasteiger partial charge in [-0.2, -0.15) is 0 Å². The Morgan fingerprint density at radius 2 is 1.88 bits per heavy atom. The highest BCUT2D eigenvalue weighted by Gasteiger charge is 2.14. The Labute approximate surface area is 166 Å². The monoisotopic (exact) mass is 454 g/mol. The van der Waals surface area contributed by atoms with Crippen LogP contribution in [0.2, 0.25) is 0 Å². The summed E-state index contributed by atoms with van der Waals surface area (Å²) in [6.45, 7) is 16.8. The van der Waals surface area contributed by atoms with Crippen molar-refractivity contribution in [2.75, 3.05) is 52.5 Å². The number of aliphatic imine (C=N–C) groups is 1. The van der Waals surface area contributed by atoms with Gasteiger partial charge in [0.2, 0.25) is 0 Å². The van der Waals surface area contributed by atoms with Crippen LogP contribution in [-0.2, 0) is 4.74 Å². The quantitative estimate of drug-likeness (QED) is 0.218. The number of halogens is 1. The van der Waals surface area contributed by atoms with E-state index in [0.29, 0.717) is 11.8 Å². The summed E-state index contributed by atoms with van der Waals surface area (Å²) in [5.41, 5.74) is 0. The van der Waals surface area contributed by atoms with Crippen molar-refractivity contribution in [3.8, 4) is 0 Å². The first-order valence-corrected chi connectivity index (χ1v) is 9.44. The minimum Gasteiger partial charge on any atom is -0.381 e. The molecule has 0 aromatic rings. The second-order valence-corrected chi connectivity index (χ2v) is 7.08. The molecule has 1 aliphatic rings. The first-order valence-electron chi connectivity index (χ1n) is 9.44. The molecule has 5 nitrogen and oxygen atoms in total. The highest BCUT2D eigenvalue weighted by Crippen LogP contribution is 2.10. The maximum atomic E-state index is 5.60. The number of rotatable bonds is 11. The van der Waals surface area contributed by atoms with E-state index in [1.54, 1.807) is 0 Å². The van der Waals surface area contributed by atoms with Crippen LogP contribution in [0.5, 0.6) is 0 Å². The molecule has 1 unspecified atom stereocenters. The van der Waals surface area contributed by atoms with Gasteiger partial charge in [-0.15, -0.1) is 24.0 Å². The van der Waals surface area contributed by atoms with Gasteiger partial charge in [-0.1, -0.05) is 20.8 Å². The van der Waals surface area contributed by atoms with Crippen LogP contribution in [0, 0.1) is 11.8 Å². The third-order valence-corrected chi connectivity index (χ3v) is 3.88. The molecule has 0 radical (unpaired) electrons. The number of hydrogen-bond donors (Lipinski definition) is 2. The first kappa shape index (κ1) is 23.9. The van der Waals surface area contributed by atoms with Gasteiger partial charge in [0.15, 0.2) is 5.96 Å². The van der Waals surface area contributed by atoms with Gasteiger partial charge in [-0.05, 0) is 51.1 Å². The lowest BCUT2D eigenvalue weighted by Crippen LogP contribution is -2.38. The Kier molecular flexibility index (Phi) is 15.1. The minimum absolute atomic E-state index is 0. The molecule has 1 saturated heterocycles. The average Bonchev–Trinajstić information content (AvgIpc) is 3.00. The summed E-state index contributed by atoms with van der Waals surface area (Å²) in [5, 5.41) is 6.73. The van der Waals surface area contributed by atoms with Crippen molar-refractivity contribution in [2.24, 2.45) is 16.8 Å². The highest BCUT2D eigenvalue weighted by molar-refractivity contribution is 14.0. The predicted molar refractivity (Wildman–Crippen MR) is 115 cm³/mol. The Hall–Kier alpha value is -0.0800. The lowest BCUT2D eigenvalue weighted by atomic mass is 10.2. The summed E-state index contributed by atoms with van der Waals surface area (Å²) in [6.07, 6.45) is 3.73. The van der Waals surface area contributed by atoms with Crippen molar-refractivity contribution in [1.82, 2.24) is 15.5 Å². The maximum Gasteiger partial charge on any atom is 0.191 e. The molecular weight excluding hydrogens is 415 g/mol. The average molecular weight is 454 g/mol. The van der Waals surface area contributed by atoms with Crippen molar-refractivity contribution in [3.63, 3.8) is 0 Å². The number of nitrogens with one attached hydrogen (secondary N) is 2. The predicted octanol–water partition coefficient (Wildman–Crippen LogP) is 2.95. The Balaban J connectivity index is 0.00000529. The van der Waals surface area contributed by atoms with E-state index < -0.39 is 0 Å². The van der Waals surface area contributed by atoms with E-state index in [-0.39, 0.29) is 24.0 Å². The van der Waals surface area contributed by atoms with Crippen LogP contribution in [0.4, 0.5) is 0 Å². The number of nitrogens with zero attached hydrogens (tertiary/aromatic N) is 2. The molecule has 0 amide bonds. The van der Waals surface area contributed by atoms with E-state index >= 15 is 0 Å². The van der Waals surface area contributed by atoms with Crippen LogP contribution in [0.1, 0.15) is 47.0 Å².